The molecule has 0 spiro atoms. The molecule has 0 saturated carbocycles. The van der Waals surface area contributed by atoms with Crippen LogP contribution in [0.3, 0.4) is 0 Å². The van der Waals surface area contributed by atoms with Crippen molar-refractivity contribution in [1.29, 1.82) is 0 Å². The number of benzene rings is 1. The second-order valence-electron chi connectivity index (χ2n) is 3.58. The van der Waals surface area contributed by atoms with Crippen molar-refractivity contribution in [3.8, 4) is 11.5 Å². The van der Waals surface area contributed by atoms with Gasteiger partial charge in [-0.15, -0.1) is 0 Å². The van der Waals surface area contributed by atoms with Crippen LogP contribution >= 0.6 is 11.6 Å². The highest BCUT2D eigenvalue weighted by molar-refractivity contribution is 6.30. The van der Waals surface area contributed by atoms with Crippen LogP contribution in [-0.4, -0.2) is 17.6 Å². The monoisotopic (exact) mass is 284 g/mol. The lowest BCUT2D eigenvalue weighted by Crippen LogP contribution is -2.07. The Balaban J connectivity index is 2.38. The molecule has 0 aliphatic heterocycles. The summed E-state index contributed by atoms with van der Waals surface area (Å²) >= 11 is 5.57. The molecule has 0 aliphatic rings. The van der Waals surface area contributed by atoms with E-state index in [2.05, 4.69) is 4.98 Å². The fraction of sp³-hybridized carbons (Fsp3) is 0.167. The maximum Gasteiger partial charge on any atom is 0.362 e. The summed E-state index contributed by atoms with van der Waals surface area (Å²) in [7, 11) is 0. The number of anilines is 1. The van der Waals surface area contributed by atoms with Crippen LogP contribution in [0.15, 0.2) is 22.6 Å². The summed E-state index contributed by atoms with van der Waals surface area (Å²) in [6.45, 7) is 1.85. The predicted octanol–water partition coefficient (Wildman–Crippen LogP) is 2.89. The number of rotatable bonds is 3. The minimum absolute atomic E-state index is 0.0195. The highest BCUT2D eigenvalue weighted by Gasteiger charge is 2.20. The van der Waals surface area contributed by atoms with Crippen LogP contribution in [0.1, 0.15) is 17.4 Å². The van der Waals surface area contributed by atoms with E-state index in [4.69, 9.17) is 26.5 Å². The van der Waals surface area contributed by atoms with E-state index in [0.29, 0.717) is 5.56 Å². The largest absolute Gasteiger partial charge is 0.461 e. The number of hydrogen-bond acceptors (Lipinski definition) is 5. The Kier molecular flexibility index (Phi) is 3.71. The van der Waals surface area contributed by atoms with Gasteiger partial charge in [0.2, 0.25) is 17.5 Å². The molecule has 0 atom stereocenters. The summed E-state index contributed by atoms with van der Waals surface area (Å²) in [6, 6.07) is 4.00. The lowest BCUT2D eigenvalue weighted by atomic mass is 10.2. The molecule has 1 aromatic carbocycles. The van der Waals surface area contributed by atoms with E-state index in [1.165, 1.54) is 12.1 Å². The van der Waals surface area contributed by atoms with E-state index in [1.54, 1.807) is 6.92 Å². The molecular formula is C12H10ClFN2O3. The van der Waals surface area contributed by atoms with E-state index in [9.17, 15) is 9.18 Å². The highest BCUT2D eigenvalue weighted by Crippen LogP contribution is 2.27. The number of nitrogens with zero attached hydrogens (tertiary/aromatic N) is 1. The van der Waals surface area contributed by atoms with Gasteiger partial charge in [0, 0.05) is 5.56 Å². The molecule has 2 aromatic rings. The quantitative estimate of drug-likeness (QED) is 0.877. The maximum absolute atomic E-state index is 13.3. The van der Waals surface area contributed by atoms with Gasteiger partial charge in [0.25, 0.3) is 0 Å². The third-order valence-electron chi connectivity index (χ3n) is 2.29. The summed E-state index contributed by atoms with van der Waals surface area (Å²) in [6.07, 6.45) is 0. The second kappa shape index (κ2) is 5.27. The number of oxazole rings is 1. The molecule has 0 unspecified atom stereocenters. The van der Waals surface area contributed by atoms with Crippen LogP contribution in [0, 0.1) is 5.82 Å². The fourth-order valence-electron chi connectivity index (χ4n) is 1.43. The average molecular weight is 285 g/mol. The molecule has 0 aliphatic carbocycles. The minimum Gasteiger partial charge on any atom is -0.461 e. The van der Waals surface area contributed by atoms with E-state index >= 15 is 0 Å². The molecule has 0 amide bonds. The van der Waals surface area contributed by atoms with Crippen molar-refractivity contribution in [3.63, 3.8) is 0 Å². The van der Waals surface area contributed by atoms with Crippen molar-refractivity contribution in [2.45, 2.75) is 6.92 Å². The molecule has 0 fully saturated rings. The first-order valence-corrected chi connectivity index (χ1v) is 5.79. The van der Waals surface area contributed by atoms with Crippen LogP contribution in [0.2, 0.25) is 5.02 Å². The van der Waals surface area contributed by atoms with Crippen LogP contribution in [0.5, 0.6) is 0 Å². The summed E-state index contributed by atoms with van der Waals surface area (Å²) in [5.41, 5.74) is 5.72. The number of esters is 1. The van der Waals surface area contributed by atoms with Gasteiger partial charge in [0.15, 0.2) is 0 Å². The minimum atomic E-state index is -0.690. The Morgan fingerprint density at radius 3 is 2.95 bits per heavy atom. The summed E-state index contributed by atoms with van der Waals surface area (Å²) in [5, 5.41) is -0.0195. The Bertz CT molecular complexity index is 627. The van der Waals surface area contributed by atoms with Gasteiger partial charge < -0.3 is 14.9 Å². The van der Waals surface area contributed by atoms with Crippen LogP contribution in [0.25, 0.3) is 11.5 Å². The first-order valence-electron chi connectivity index (χ1n) is 5.41. The number of carbonyl (C=O) groups is 1. The molecule has 100 valence electrons. The zero-order chi connectivity index (χ0) is 14.0. The number of aromatic nitrogens is 1. The molecule has 19 heavy (non-hydrogen) atoms. The van der Waals surface area contributed by atoms with Gasteiger partial charge in [-0.25, -0.2) is 9.18 Å². The van der Waals surface area contributed by atoms with Gasteiger partial charge >= 0.3 is 5.97 Å². The molecule has 1 aromatic heterocycles. The highest BCUT2D eigenvalue weighted by atomic mass is 35.5. The molecule has 0 bridgehead atoms. The number of ether oxygens (including phenoxy) is 1. The van der Waals surface area contributed by atoms with Crippen molar-refractivity contribution in [2.24, 2.45) is 0 Å². The lowest BCUT2D eigenvalue weighted by molar-refractivity contribution is 0.0521. The molecule has 0 saturated heterocycles. The van der Waals surface area contributed by atoms with Gasteiger partial charge in [0.05, 0.1) is 11.6 Å². The molecule has 2 rings (SSSR count). The molecule has 1 heterocycles. The third kappa shape index (κ3) is 2.68. The second-order valence-corrected chi connectivity index (χ2v) is 3.99. The van der Waals surface area contributed by atoms with Gasteiger partial charge in [-0.2, -0.15) is 4.98 Å². The van der Waals surface area contributed by atoms with Crippen molar-refractivity contribution in [1.82, 2.24) is 4.98 Å². The number of hydrogen-bond donors (Lipinski definition) is 1. The lowest BCUT2D eigenvalue weighted by Gasteiger charge is -1.97. The van der Waals surface area contributed by atoms with Gasteiger partial charge in [-0.1, -0.05) is 11.6 Å². The Morgan fingerprint density at radius 1 is 1.58 bits per heavy atom. The average Bonchev–Trinajstić information content (AvgIpc) is 2.75. The van der Waals surface area contributed by atoms with Crippen LogP contribution in [0.4, 0.5) is 10.3 Å². The molecule has 0 radical (unpaired) electrons. The van der Waals surface area contributed by atoms with E-state index in [0.717, 1.165) is 6.07 Å². The summed E-state index contributed by atoms with van der Waals surface area (Å²) in [4.78, 5) is 15.4. The van der Waals surface area contributed by atoms with E-state index in [1.807, 2.05) is 0 Å². The van der Waals surface area contributed by atoms with E-state index in [-0.39, 0.29) is 29.1 Å². The smallest absolute Gasteiger partial charge is 0.362 e. The Morgan fingerprint density at radius 2 is 2.32 bits per heavy atom. The topological polar surface area (TPSA) is 78.3 Å². The molecule has 5 nitrogen and oxygen atoms in total. The van der Waals surface area contributed by atoms with Crippen LogP contribution in [-0.2, 0) is 4.74 Å². The van der Waals surface area contributed by atoms with Gasteiger partial charge in [-0.05, 0) is 25.1 Å². The number of halogens is 2. The molecule has 7 heteroatoms. The van der Waals surface area contributed by atoms with Crippen molar-refractivity contribution in [2.75, 3.05) is 12.3 Å². The SMILES string of the molecule is CCOC(=O)c1nc(-c2ccc(Cl)c(F)c2)oc1N. The summed E-state index contributed by atoms with van der Waals surface area (Å²) in [5.74, 6) is -1.46. The fourth-order valence-corrected chi connectivity index (χ4v) is 1.55. The van der Waals surface area contributed by atoms with Crippen LogP contribution < -0.4 is 5.73 Å². The van der Waals surface area contributed by atoms with Gasteiger partial charge in [-0.3, -0.25) is 0 Å². The van der Waals surface area contributed by atoms with Crippen molar-refractivity contribution < 1.29 is 18.3 Å². The summed E-state index contributed by atoms with van der Waals surface area (Å²) < 4.78 is 23.2. The first-order chi connectivity index (χ1) is 9.02. The van der Waals surface area contributed by atoms with Crippen molar-refractivity contribution in [3.05, 3.63) is 34.7 Å². The number of nitrogen functional groups attached to an aromatic ring is 1. The molecule has 2 N–H and O–H groups in total. The van der Waals surface area contributed by atoms with Gasteiger partial charge in [0.1, 0.15) is 5.82 Å². The third-order valence-corrected chi connectivity index (χ3v) is 2.60. The Labute approximate surface area is 113 Å². The van der Waals surface area contributed by atoms with Crippen molar-refractivity contribution >= 4 is 23.5 Å². The Hall–Kier alpha value is -2.08. The predicted molar refractivity (Wildman–Crippen MR) is 67.3 cm³/mol. The van der Waals surface area contributed by atoms with E-state index < -0.39 is 11.8 Å². The maximum atomic E-state index is 13.3. The number of carbonyl (C=O) groups excluding carboxylic acids is 1. The molecular weight excluding hydrogens is 275 g/mol. The first kappa shape index (κ1) is 13.4. The normalized spacial score (nSPS) is 10.5. The zero-order valence-corrected chi connectivity index (χ0v) is 10.7. The number of nitrogens with two attached hydrogens (primary N) is 1. The standard InChI is InChI=1S/C12H10ClFN2O3/c1-2-18-12(17)9-10(15)19-11(16-9)6-3-4-7(13)8(14)5-6/h3-5H,2,15H2,1H3. The zero-order valence-electron chi connectivity index (χ0n) is 9.94.